The van der Waals surface area contributed by atoms with E-state index in [1.165, 1.54) is 12.1 Å². The molecule has 1 aliphatic rings. The van der Waals surface area contributed by atoms with E-state index in [1.54, 1.807) is 17.0 Å². The largest absolute Gasteiger partial charge is 0.482 e. The van der Waals surface area contributed by atoms with Gasteiger partial charge in [-0.3, -0.25) is 4.79 Å². The van der Waals surface area contributed by atoms with Gasteiger partial charge < -0.3 is 20.3 Å². The fourth-order valence-electron chi connectivity index (χ4n) is 2.94. The average Bonchev–Trinajstić information content (AvgIpc) is 2.71. The Hall–Kier alpha value is -3.09. The van der Waals surface area contributed by atoms with Gasteiger partial charge in [0.2, 0.25) is 0 Å². The first-order chi connectivity index (χ1) is 13.7. The second kappa shape index (κ2) is 9.73. The zero-order valence-corrected chi connectivity index (χ0v) is 16.0. The lowest BCUT2D eigenvalue weighted by atomic mass is 10.2. The number of nitrogens with one attached hydrogen (secondary N) is 2. The lowest BCUT2D eigenvalue weighted by Gasteiger charge is -2.29. The van der Waals surface area contributed by atoms with Crippen molar-refractivity contribution in [1.82, 2.24) is 10.6 Å². The van der Waals surface area contributed by atoms with E-state index in [9.17, 15) is 9.18 Å². The molecule has 1 amide bonds. The van der Waals surface area contributed by atoms with E-state index in [0.29, 0.717) is 25.6 Å². The number of nitrogens with zero attached hydrogens (tertiary/aromatic N) is 2. The fraction of sp³-hybridized carbons (Fsp3) is 0.333. The zero-order chi connectivity index (χ0) is 19.8. The number of para-hydroxylation sites is 2. The van der Waals surface area contributed by atoms with Crippen molar-refractivity contribution in [1.29, 1.82) is 0 Å². The van der Waals surface area contributed by atoms with Crippen molar-refractivity contribution < 1.29 is 13.9 Å². The Morgan fingerprint density at radius 2 is 1.96 bits per heavy atom. The molecule has 0 atom stereocenters. The highest BCUT2D eigenvalue weighted by atomic mass is 19.1. The number of guanidine groups is 1. The van der Waals surface area contributed by atoms with E-state index in [1.807, 2.05) is 31.2 Å². The van der Waals surface area contributed by atoms with Gasteiger partial charge in [-0.05, 0) is 43.2 Å². The minimum atomic E-state index is -0.253. The van der Waals surface area contributed by atoms with Crippen LogP contribution in [0.4, 0.5) is 10.1 Å². The van der Waals surface area contributed by atoms with Crippen LogP contribution < -0.4 is 20.3 Å². The van der Waals surface area contributed by atoms with Gasteiger partial charge in [-0.1, -0.05) is 24.3 Å². The number of rotatable bonds is 7. The van der Waals surface area contributed by atoms with Crippen molar-refractivity contribution in [2.24, 2.45) is 4.99 Å². The van der Waals surface area contributed by atoms with Gasteiger partial charge in [-0.25, -0.2) is 9.38 Å². The number of halogens is 1. The summed E-state index contributed by atoms with van der Waals surface area (Å²) in [6, 6.07) is 13.9. The van der Waals surface area contributed by atoms with Crippen LogP contribution in [0.15, 0.2) is 53.5 Å². The van der Waals surface area contributed by atoms with Gasteiger partial charge in [0.15, 0.2) is 12.6 Å². The normalized spacial score (nSPS) is 13.7. The minimum absolute atomic E-state index is 0.0319. The molecule has 3 rings (SSSR count). The van der Waals surface area contributed by atoms with Crippen LogP contribution in [0.5, 0.6) is 5.75 Å². The molecule has 0 spiro atoms. The van der Waals surface area contributed by atoms with Gasteiger partial charge in [0, 0.05) is 19.6 Å². The predicted molar refractivity (Wildman–Crippen MR) is 108 cm³/mol. The molecule has 2 N–H and O–H groups in total. The molecule has 2 aromatic carbocycles. The van der Waals surface area contributed by atoms with E-state index >= 15 is 0 Å². The van der Waals surface area contributed by atoms with Crippen LogP contribution in [-0.2, 0) is 11.3 Å². The molecule has 1 aliphatic heterocycles. The van der Waals surface area contributed by atoms with Crippen molar-refractivity contribution in [3.8, 4) is 5.75 Å². The third-order valence-electron chi connectivity index (χ3n) is 4.34. The average molecular weight is 384 g/mol. The third-order valence-corrected chi connectivity index (χ3v) is 4.34. The van der Waals surface area contributed by atoms with Crippen LogP contribution >= 0.6 is 0 Å². The van der Waals surface area contributed by atoms with Crippen LogP contribution in [0, 0.1) is 5.82 Å². The van der Waals surface area contributed by atoms with Crippen LogP contribution in [0.2, 0.25) is 0 Å². The Kier molecular flexibility index (Phi) is 6.84. The summed E-state index contributed by atoms with van der Waals surface area (Å²) in [4.78, 5) is 18.5. The van der Waals surface area contributed by atoms with Gasteiger partial charge in [0.05, 0.1) is 12.2 Å². The molecule has 0 fully saturated rings. The van der Waals surface area contributed by atoms with Crippen LogP contribution in [-0.4, -0.2) is 38.1 Å². The molecule has 2 aromatic rings. The molecule has 0 radical (unpaired) electrons. The van der Waals surface area contributed by atoms with E-state index in [0.717, 1.165) is 30.0 Å². The molecule has 0 bridgehead atoms. The number of hydrogen-bond donors (Lipinski definition) is 2. The second-order valence-electron chi connectivity index (χ2n) is 6.40. The molecular formula is C21H25FN4O2. The summed E-state index contributed by atoms with van der Waals surface area (Å²) in [5.41, 5.74) is 1.75. The van der Waals surface area contributed by atoms with E-state index in [2.05, 4.69) is 15.6 Å². The summed E-state index contributed by atoms with van der Waals surface area (Å²) in [6.07, 6.45) is 0.765. The first-order valence-corrected chi connectivity index (χ1v) is 9.46. The number of aliphatic imine (C=N–C) groups is 1. The SMILES string of the molecule is CCNC(=NCc1ccc(F)cc1)NCCCN1C(=O)COc2ccccc21. The Balaban J connectivity index is 1.51. The van der Waals surface area contributed by atoms with Crippen molar-refractivity contribution in [3.63, 3.8) is 0 Å². The van der Waals surface area contributed by atoms with E-state index in [4.69, 9.17) is 4.74 Å². The van der Waals surface area contributed by atoms with Crippen LogP contribution in [0.3, 0.4) is 0 Å². The summed E-state index contributed by atoms with van der Waals surface area (Å²) in [6.45, 7) is 4.55. The van der Waals surface area contributed by atoms with Gasteiger partial charge in [0.1, 0.15) is 11.6 Å². The molecule has 148 valence electrons. The summed E-state index contributed by atoms with van der Waals surface area (Å²) < 4.78 is 18.5. The van der Waals surface area contributed by atoms with Gasteiger partial charge in [-0.2, -0.15) is 0 Å². The lowest BCUT2D eigenvalue weighted by molar-refractivity contribution is -0.121. The Morgan fingerprint density at radius 3 is 2.75 bits per heavy atom. The zero-order valence-electron chi connectivity index (χ0n) is 16.0. The van der Waals surface area contributed by atoms with Crippen molar-refractivity contribution in [2.45, 2.75) is 19.9 Å². The topological polar surface area (TPSA) is 66.0 Å². The molecule has 0 aliphatic carbocycles. The molecule has 28 heavy (non-hydrogen) atoms. The number of ether oxygens (including phenoxy) is 1. The molecule has 0 unspecified atom stereocenters. The number of hydrogen-bond acceptors (Lipinski definition) is 3. The van der Waals surface area contributed by atoms with E-state index < -0.39 is 0 Å². The lowest BCUT2D eigenvalue weighted by Crippen LogP contribution is -2.42. The Morgan fingerprint density at radius 1 is 1.18 bits per heavy atom. The van der Waals surface area contributed by atoms with Gasteiger partial charge in [-0.15, -0.1) is 0 Å². The highest BCUT2D eigenvalue weighted by Gasteiger charge is 2.24. The van der Waals surface area contributed by atoms with Crippen LogP contribution in [0.25, 0.3) is 0 Å². The monoisotopic (exact) mass is 384 g/mol. The number of benzene rings is 2. The standard InChI is InChI=1S/C21H25FN4O2/c1-2-23-21(25-14-16-8-10-17(22)11-9-16)24-12-5-13-26-18-6-3-4-7-19(18)28-15-20(26)27/h3-4,6-11H,2,5,12-15H2,1H3,(H2,23,24,25). The molecule has 6 nitrogen and oxygen atoms in total. The van der Waals surface area contributed by atoms with Crippen molar-refractivity contribution in [3.05, 3.63) is 59.9 Å². The molecule has 0 saturated heterocycles. The molecule has 0 saturated carbocycles. The Labute approximate surface area is 164 Å². The summed E-state index contributed by atoms with van der Waals surface area (Å²) in [5.74, 6) is 1.15. The third kappa shape index (κ3) is 5.22. The van der Waals surface area contributed by atoms with E-state index in [-0.39, 0.29) is 18.3 Å². The van der Waals surface area contributed by atoms with Gasteiger partial charge in [0.25, 0.3) is 5.91 Å². The number of fused-ring (bicyclic) bond motifs is 1. The first-order valence-electron chi connectivity index (χ1n) is 9.46. The van der Waals surface area contributed by atoms with Gasteiger partial charge >= 0.3 is 0 Å². The maximum Gasteiger partial charge on any atom is 0.265 e. The van der Waals surface area contributed by atoms with Crippen molar-refractivity contribution >= 4 is 17.6 Å². The Bertz CT molecular complexity index is 823. The molecule has 7 heteroatoms. The maximum absolute atomic E-state index is 13.0. The summed E-state index contributed by atoms with van der Waals surface area (Å²) in [7, 11) is 0. The maximum atomic E-state index is 13.0. The molecular weight excluding hydrogens is 359 g/mol. The number of carbonyl (C=O) groups excluding carboxylic acids is 1. The molecule has 1 heterocycles. The molecule has 0 aromatic heterocycles. The van der Waals surface area contributed by atoms with Crippen molar-refractivity contribution in [2.75, 3.05) is 31.1 Å². The number of amides is 1. The highest BCUT2D eigenvalue weighted by Crippen LogP contribution is 2.31. The summed E-state index contributed by atoms with van der Waals surface area (Å²) >= 11 is 0. The predicted octanol–water partition coefficient (Wildman–Crippen LogP) is 2.70. The first kappa shape index (κ1) is 19.7. The number of carbonyl (C=O) groups is 1. The smallest absolute Gasteiger partial charge is 0.265 e. The second-order valence-corrected chi connectivity index (χ2v) is 6.40. The fourth-order valence-corrected chi connectivity index (χ4v) is 2.94. The minimum Gasteiger partial charge on any atom is -0.482 e. The number of anilines is 1. The quantitative estimate of drug-likeness (QED) is 0.438. The highest BCUT2D eigenvalue weighted by molar-refractivity contribution is 5.97. The summed E-state index contributed by atoms with van der Waals surface area (Å²) in [5, 5.41) is 6.47. The van der Waals surface area contributed by atoms with Crippen LogP contribution in [0.1, 0.15) is 18.9 Å².